The predicted octanol–water partition coefficient (Wildman–Crippen LogP) is 13.0. The Balaban J connectivity index is 1.28. The summed E-state index contributed by atoms with van der Waals surface area (Å²) in [6, 6.07) is 51.1. The number of fused-ring (bicyclic) bond motifs is 12. The summed E-state index contributed by atoms with van der Waals surface area (Å²) in [6.07, 6.45) is 0. The Kier molecular flexibility index (Phi) is 4.84. The van der Waals surface area contributed by atoms with Gasteiger partial charge in [0.2, 0.25) is 0 Å². The smallest absolute Gasteiger partial charge is 0.143 e. The maximum Gasteiger partial charge on any atom is 0.143 e. The Hall–Kier alpha value is -6.32. The molecule has 218 valence electrons. The van der Waals surface area contributed by atoms with E-state index in [2.05, 4.69) is 109 Å². The standard InChI is InChI=1S/C44H24O3/c1-3-14-28-26(12-1)39(32-18-9-17-30-25-11-5-7-21-35(25)46-43(30)32)27-13-2-4-15-29(27)40(28)33-19-10-20-34-42-38(47-44(33)34)24-23-37-41(42)31-16-6-8-22-36(31)45-37/h1-24H. The van der Waals surface area contributed by atoms with Crippen LogP contribution in [0.5, 0.6) is 0 Å². The van der Waals surface area contributed by atoms with E-state index in [9.17, 15) is 0 Å². The molecule has 0 saturated heterocycles. The molecule has 3 heterocycles. The van der Waals surface area contributed by atoms with Crippen LogP contribution in [-0.4, -0.2) is 0 Å². The lowest BCUT2D eigenvalue weighted by molar-refractivity contribution is 0.663. The summed E-state index contributed by atoms with van der Waals surface area (Å²) in [4.78, 5) is 0. The van der Waals surface area contributed by atoms with Crippen LogP contribution in [0.25, 0.3) is 110 Å². The number of furan rings is 3. The van der Waals surface area contributed by atoms with Crippen LogP contribution in [0.3, 0.4) is 0 Å². The second-order valence-corrected chi connectivity index (χ2v) is 12.3. The third-order valence-corrected chi connectivity index (χ3v) is 9.88. The highest BCUT2D eigenvalue weighted by atomic mass is 16.3. The number of hydrogen-bond acceptors (Lipinski definition) is 3. The Bertz CT molecular complexity index is 3020. The molecule has 0 radical (unpaired) electrons. The Morgan fingerprint density at radius 1 is 0.255 bits per heavy atom. The van der Waals surface area contributed by atoms with Crippen LogP contribution in [0.2, 0.25) is 0 Å². The van der Waals surface area contributed by atoms with Gasteiger partial charge in [0.1, 0.15) is 33.5 Å². The van der Waals surface area contributed by atoms with Gasteiger partial charge in [0.15, 0.2) is 0 Å². The molecule has 0 saturated carbocycles. The normalized spacial score (nSPS) is 12.3. The Labute approximate surface area is 267 Å². The van der Waals surface area contributed by atoms with Crippen molar-refractivity contribution in [1.29, 1.82) is 0 Å². The molecule has 0 aliphatic carbocycles. The van der Waals surface area contributed by atoms with Gasteiger partial charge in [-0.15, -0.1) is 0 Å². The van der Waals surface area contributed by atoms with Gasteiger partial charge < -0.3 is 13.3 Å². The molecule has 11 rings (SSSR count). The van der Waals surface area contributed by atoms with Crippen LogP contribution >= 0.6 is 0 Å². The van der Waals surface area contributed by atoms with Gasteiger partial charge >= 0.3 is 0 Å². The highest BCUT2D eigenvalue weighted by Gasteiger charge is 2.23. The van der Waals surface area contributed by atoms with Crippen molar-refractivity contribution in [3.63, 3.8) is 0 Å². The van der Waals surface area contributed by atoms with E-state index >= 15 is 0 Å². The van der Waals surface area contributed by atoms with Gasteiger partial charge in [-0.25, -0.2) is 0 Å². The van der Waals surface area contributed by atoms with E-state index in [4.69, 9.17) is 13.3 Å². The molecule has 3 nitrogen and oxygen atoms in total. The summed E-state index contributed by atoms with van der Waals surface area (Å²) >= 11 is 0. The lowest BCUT2D eigenvalue weighted by Crippen LogP contribution is -1.91. The van der Waals surface area contributed by atoms with Crippen molar-refractivity contribution in [2.75, 3.05) is 0 Å². The molecular formula is C44H24O3. The van der Waals surface area contributed by atoms with Crippen LogP contribution in [0, 0.1) is 0 Å². The highest BCUT2D eigenvalue weighted by molar-refractivity contribution is 6.29. The molecule has 11 aromatic rings. The summed E-state index contributed by atoms with van der Waals surface area (Å²) < 4.78 is 19.7. The monoisotopic (exact) mass is 600 g/mol. The molecule has 0 unspecified atom stereocenters. The third kappa shape index (κ3) is 3.30. The van der Waals surface area contributed by atoms with E-state index in [0.29, 0.717) is 0 Å². The van der Waals surface area contributed by atoms with E-state index in [1.54, 1.807) is 0 Å². The molecule has 0 fully saturated rings. The fraction of sp³-hybridized carbons (Fsp3) is 0. The first-order valence-electron chi connectivity index (χ1n) is 15.9. The summed E-state index contributed by atoms with van der Waals surface area (Å²) in [7, 11) is 0. The minimum Gasteiger partial charge on any atom is -0.456 e. The second kappa shape index (κ2) is 9.12. The van der Waals surface area contributed by atoms with E-state index in [-0.39, 0.29) is 0 Å². The van der Waals surface area contributed by atoms with Crippen molar-refractivity contribution in [2.24, 2.45) is 0 Å². The zero-order valence-electron chi connectivity index (χ0n) is 25.1. The Morgan fingerprint density at radius 2 is 0.660 bits per heavy atom. The van der Waals surface area contributed by atoms with E-state index in [1.165, 1.54) is 27.1 Å². The summed E-state index contributed by atoms with van der Waals surface area (Å²) in [5.74, 6) is 0. The first-order valence-corrected chi connectivity index (χ1v) is 15.9. The first-order chi connectivity index (χ1) is 23.3. The molecule has 0 amide bonds. The number of para-hydroxylation sites is 4. The van der Waals surface area contributed by atoms with Gasteiger partial charge in [-0.3, -0.25) is 0 Å². The van der Waals surface area contributed by atoms with Gasteiger partial charge in [-0.05, 0) is 45.8 Å². The van der Waals surface area contributed by atoms with Crippen LogP contribution in [0.15, 0.2) is 159 Å². The molecule has 8 aromatic carbocycles. The van der Waals surface area contributed by atoms with Crippen LogP contribution in [0.1, 0.15) is 0 Å². The van der Waals surface area contributed by atoms with E-state index < -0.39 is 0 Å². The van der Waals surface area contributed by atoms with Gasteiger partial charge in [0.05, 0.1) is 0 Å². The van der Waals surface area contributed by atoms with Crippen molar-refractivity contribution < 1.29 is 13.3 Å². The molecule has 0 bridgehead atoms. The molecular weight excluding hydrogens is 576 g/mol. The largest absolute Gasteiger partial charge is 0.456 e. The lowest BCUT2D eigenvalue weighted by atomic mass is 9.85. The van der Waals surface area contributed by atoms with Gasteiger partial charge in [-0.1, -0.05) is 121 Å². The van der Waals surface area contributed by atoms with Crippen LogP contribution in [0.4, 0.5) is 0 Å². The summed E-state index contributed by atoms with van der Waals surface area (Å²) in [5, 5.41) is 11.3. The molecule has 0 aliphatic heterocycles. The molecule has 47 heavy (non-hydrogen) atoms. The van der Waals surface area contributed by atoms with E-state index in [1.807, 2.05) is 36.4 Å². The fourth-order valence-corrected chi connectivity index (χ4v) is 7.95. The van der Waals surface area contributed by atoms with Crippen molar-refractivity contribution >= 4 is 87.4 Å². The molecule has 3 heteroatoms. The first kappa shape index (κ1) is 24.9. The average molecular weight is 601 g/mol. The van der Waals surface area contributed by atoms with Crippen molar-refractivity contribution in [3.8, 4) is 22.3 Å². The topological polar surface area (TPSA) is 39.4 Å². The summed E-state index contributed by atoms with van der Waals surface area (Å²) in [5.41, 5.74) is 9.79. The maximum atomic E-state index is 6.81. The van der Waals surface area contributed by atoms with Gasteiger partial charge in [0, 0.05) is 54.6 Å². The predicted molar refractivity (Wildman–Crippen MR) is 194 cm³/mol. The molecule has 0 spiro atoms. The molecule has 0 atom stereocenters. The average Bonchev–Trinajstić information content (AvgIpc) is 3.82. The number of rotatable bonds is 2. The zero-order valence-corrected chi connectivity index (χ0v) is 25.1. The maximum absolute atomic E-state index is 6.81. The highest BCUT2D eigenvalue weighted by Crippen LogP contribution is 2.49. The van der Waals surface area contributed by atoms with Gasteiger partial charge in [-0.2, -0.15) is 0 Å². The van der Waals surface area contributed by atoms with E-state index in [0.717, 1.165) is 82.5 Å². The number of benzene rings is 8. The van der Waals surface area contributed by atoms with Gasteiger partial charge in [0.25, 0.3) is 0 Å². The minimum atomic E-state index is 0.855. The molecule has 0 N–H and O–H groups in total. The van der Waals surface area contributed by atoms with Crippen molar-refractivity contribution in [1.82, 2.24) is 0 Å². The Morgan fingerprint density at radius 3 is 1.28 bits per heavy atom. The third-order valence-electron chi connectivity index (χ3n) is 9.88. The van der Waals surface area contributed by atoms with Crippen molar-refractivity contribution in [3.05, 3.63) is 146 Å². The molecule has 3 aromatic heterocycles. The second-order valence-electron chi connectivity index (χ2n) is 12.3. The van der Waals surface area contributed by atoms with Crippen LogP contribution in [-0.2, 0) is 0 Å². The zero-order chi connectivity index (χ0) is 30.6. The summed E-state index contributed by atoms with van der Waals surface area (Å²) in [6.45, 7) is 0. The van der Waals surface area contributed by atoms with Crippen LogP contribution < -0.4 is 0 Å². The van der Waals surface area contributed by atoms with Crippen molar-refractivity contribution in [2.45, 2.75) is 0 Å². The molecule has 0 aliphatic rings. The lowest BCUT2D eigenvalue weighted by Gasteiger charge is -2.18. The fourth-order valence-electron chi connectivity index (χ4n) is 7.95. The minimum absolute atomic E-state index is 0.855. The quantitative estimate of drug-likeness (QED) is 0.185. The SMILES string of the molecule is c1ccc2c(c1)oc1c(-c3c4ccccc4c(-c4cccc5c4oc4ccc6oc7ccccc7c6c45)c4ccccc34)cccc12. The number of hydrogen-bond donors (Lipinski definition) is 0.